The van der Waals surface area contributed by atoms with Crippen molar-refractivity contribution in [2.75, 3.05) is 5.73 Å². The van der Waals surface area contributed by atoms with Gasteiger partial charge in [-0.2, -0.15) is 0 Å². The van der Waals surface area contributed by atoms with E-state index in [2.05, 4.69) is 20.3 Å². The monoisotopic (exact) mass is 235 g/mol. The minimum Gasteiger partial charge on any atom is -0.382 e. The number of hydrogen-bond acceptors (Lipinski definition) is 6. The molecule has 0 saturated carbocycles. The Labute approximate surface area is 95.6 Å². The maximum Gasteiger partial charge on any atom is 0.271 e. The van der Waals surface area contributed by atoms with Crippen LogP contribution in [0.1, 0.15) is 15.5 Å². The Kier molecular flexibility index (Phi) is 3.06. The Hall–Kier alpha value is -2.02. The molecule has 0 fully saturated rings. The van der Waals surface area contributed by atoms with Crippen LogP contribution in [0.3, 0.4) is 0 Å². The van der Waals surface area contributed by atoms with E-state index in [9.17, 15) is 4.79 Å². The van der Waals surface area contributed by atoms with E-state index in [-0.39, 0.29) is 17.4 Å². The van der Waals surface area contributed by atoms with Crippen LogP contribution in [0.5, 0.6) is 0 Å². The number of carbonyl (C=O) groups excluding carboxylic acids is 1. The lowest BCUT2D eigenvalue weighted by Gasteiger charge is -2.01. The normalized spacial score (nSPS) is 10.0. The third kappa shape index (κ3) is 2.51. The lowest BCUT2D eigenvalue weighted by Crippen LogP contribution is -2.23. The minimum atomic E-state index is -0.289. The molecule has 2 heterocycles. The summed E-state index contributed by atoms with van der Waals surface area (Å²) in [6.07, 6.45) is 4.38. The summed E-state index contributed by atoms with van der Waals surface area (Å²) in [4.78, 5) is 23.3. The fourth-order valence-corrected chi connectivity index (χ4v) is 1.60. The maximum absolute atomic E-state index is 11.6. The second kappa shape index (κ2) is 4.67. The topological polar surface area (TPSA) is 93.8 Å². The summed E-state index contributed by atoms with van der Waals surface area (Å²) in [6, 6.07) is 0. The van der Waals surface area contributed by atoms with Gasteiger partial charge in [-0.15, -0.1) is 11.3 Å². The number of carbonyl (C=O) groups is 1. The molecule has 2 rings (SSSR count). The van der Waals surface area contributed by atoms with Gasteiger partial charge in [0.15, 0.2) is 0 Å². The molecule has 16 heavy (non-hydrogen) atoms. The average molecular weight is 235 g/mol. The molecule has 0 spiro atoms. The molecule has 7 heteroatoms. The summed E-state index contributed by atoms with van der Waals surface area (Å²) in [5, 5.41) is 5.38. The maximum atomic E-state index is 11.6. The number of rotatable bonds is 3. The molecule has 82 valence electrons. The first kappa shape index (κ1) is 10.5. The van der Waals surface area contributed by atoms with Crippen LogP contribution in [0.15, 0.2) is 24.0 Å². The number of amides is 1. The zero-order valence-electron chi connectivity index (χ0n) is 8.25. The van der Waals surface area contributed by atoms with Gasteiger partial charge >= 0.3 is 0 Å². The van der Waals surface area contributed by atoms with Crippen molar-refractivity contribution in [3.05, 3.63) is 34.7 Å². The summed E-state index contributed by atoms with van der Waals surface area (Å²) >= 11 is 1.48. The Morgan fingerprint density at radius 1 is 1.38 bits per heavy atom. The predicted molar refractivity (Wildman–Crippen MR) is 59.7 cm³/mol. The van der Waals surface area contributed by atoms with Crippen LogP contribution in [0.2, 0.25) is 0 Å². The summed E-state index contributed by atoms with van der Waals surface area (Å²) in [7, 11) is 0. The molecule has 1 amide bonds. The van der Waals surface area contributed by atoms with Crippen molar-refractivity contribution in [2.24, 2.45) is 0 Å². The lowest BCUT2D eigenvalue weighted by atomic mass is 10.4. The Bertz CT molecular complexity index is 467. The van der Waals surface area contributed by atoms with Crippen LogP contribution in [0.4, 0.5) is 5.82 Å². The number of aromatic nitrogens is 3. The van der Waals surface area contributed by atoms with Gasteiger partial charge in [0.2, 0.25) is 0 Å². The second-order valence-corrected chi connectivity index (χ2v) is 3.91. The molecule has 0 radical (unpaired) electrons. The van der Waals surface area contributed by atoms with E-state index in [0.717, 1.165) is 5.01 Å². The van der Waals surface area contributed by atoms with Crippen LogP contribution < -0.4 is 11.1 Å². The quantitative estimate of drug-likeness (QED) is 0.805. The molecular formula is C9H9N5OS. The number of nitrogens with one attached hydrogen (secondary N) is 1. The summed E-state index contributed by atoms with van der Waals surface area (Å²) in [6.45, 7) is 0.391. The van der Waals surface area contributed by atoms with Gasteiger partial charge in [-0.3, -0.25) is 4.79 Å². The van der Waals surface area contributed by atoms with E-state index in [1.165, 1.54) is 23.7 Å². The highest BCUT2D eigenvalue weighted by Crippen LogP contribution is 2.03. The first-order valence-electron chi connectivity index (χ1n) is 4.50. The van der Waals surface area contributed by atoms with Crippen molar-refractivity contribution in [3.63, 3.8) is 0 Å². The Morgan fingerprint density at radius 2 is 2.25 bits per heavy atom. The minimum absolute atomic E-state index is 0.241. The Balaban J connectivity index is 1.95. The number of anilines is 1. The van der Waals surface area contributed by atoms with Crippen LogP contribution in [0, 0.1) is 0 Å². The van der Waals surface area contributed by atoms with E-state index >= 15 is 0 Å². The third-order valence-electron chi connectivity index (χ3n) is 1.79. The zero-order valence-corrected chi connectivity index (χ0v) is 9.07. The van der Waals surface area contributed by atoms with Crippen molar-refractivity contribution in [1.82, 2.24) is 20.3 Å². The first-order valence-corrected chi connectivity index (χ1v) is 5.38. The van der Waals surface area contributed by atoms with Crippen molar-refractivity contribution < 1.29 is 4.79 Å². The highest BCUT2D eigenvalue weighted by Gasteiger charge is 2.07. The van der Waals surface area contributed by atoms with Crippen molar-refractivity contribution >= 4 is 23.1 Å². The average Bonchev–Trinajstić information content (AvgIpc) is 2.80. The van der Waals surface area contributed by atoms with E-state index in [4.69, 9.17) is 5.73 Å². The standard InChI is InChI=1S/C9H9N5OS/c10-7-4-12-6(3-13-7)9(15)14-5-8-11-1-2-16-8/h1-4H,5H2,(H2,10,13)(H,14,15). The van der Waals surface area contributed by atoms with E-state index < -0.39 is 0 Å². The second-order valence-electron chi connectivity index (χ2n) is 2.94. The van der Waals surface area contributed by atoms with E-state index in [0.29, 0.717) is 6.54 Å². The molecule has 0 aliphatic rings. The van der Waals surface area contributed by atoms with Gasteiger partial charge < -0.3 is 11.1 Å². The fraction of sp³-hybridized carbons (Fsp3) is 0.111. The molecule has 0 aromatic carbocycles. The Morgan fingerprint density at radius 3 is 2.88 bits per heavy atom. The summed E-state index contributed by atoms with van der Waals surface area (Å²) in [5.74, 6) is -0.000765. The summed E-state index contributed by atoms with van der Waals surface area (Å²) in [5.41, 5.74) is 5.61. The van der Waals surface area contributed by atoms with Crippen molar-refractivity contribution in [3.8, 4) is 0 Å². The molecule has 0 saturated heterocycles. The SMILES string of the molecule is Nc1cnc(C(=O)NCc2nccs2)cn1. The molecule has 0 bridgehead atoms. The molecule has 2 aromatic heterocycles. The van der Waals surface area contributed by atoms with E-state index in [1.807, 2.05) is 5.38 Å². The molecular weight excluding hydrogens is 226 g/mol. The fourth-order valence-electron chi connectivity index (χ4n) is 1.04. The van der Waals surface area contributed by atoms with E-state index in [1.54, 1.807) is 6.20 Å². The molecule has 3 N–H and O–H groups in total. The number of hydrogen-bond donors (Lipinski definition) is 2. The van der Waals surface area contributed by atoms with Crippen LogP contribution in [-0.4, -0.2) is 20.9 Å². The van der Waals surface area contributed by atoms with Gasteiger partial charge in [0.05, 0.1) is 18.9 Å². The molecule has 0 unspecified atom stereocenters. The molecule has 0 aliphatic heterocycles. The first-order chi connectivity index (χ1) is 7.75. The van der Waals surface area contributed by atoms with Gasteiger partial charge in [0.1, 0.15) is 16.5 Å². The zero-order chi connectivity index (χ0) is 11.4. The lowest BCUT2D eigenvalue weighted by molar-refractivity contribution is 0.0945. The number of nitrogens with two attached hydrogens (primary N) is 1. The van der Waals surface area contributed by atoms with Gasteiger partial charge in [0, 0.05) is 11.6 Å². The van der Waals surface area contributed by atoms with Crippen LogP contribution in [0.25, 0.3) is 0 Å². The van der Waals surface area contributed by atoms with Gasteiger partial charge in [-0.25, -0.2) is 15.0 Å². The summed E-state index contributed by atoms with van der Waals surface area (Å²) < 4.78 is 0. The van der Waals surface area contributed by atoms with Crippen molar-refractivity contribution in [1.29, 1.82) is 0 Å². The largest absolute Gasteiger partial charge is 0.382 e. The molecule has 0 aliphatic carbocycles. The van der Waals surface area contributed by atoms with Crippen LogP contribution >= 0.6 is 11.3 Å². The highest BCUT2D eigenvalue weighted by molar-refractivity contribution is 7.09. The smallest absolute Gasteiger partial charge is 0.271 e. The molecule has 0 atom stereocenters. The van der Waals surface area contributed by atoms with Gasteiger partial charge in [-0.05, 0) is 0 Å². The number of nitrogens with zero attached hydrogens (tertiary/aromatic N) is 3. The van der Waals surface area contributed by atoms with Crippen molar-refractivity contribution in [2.45, 2.75) is 6.54 Å². The van der Waals surface area contributed by atoms with Gasteiger partial charge in [-0.1, -0.05) is 0 Å². The highest BCUT2D eigenvalue weighted by atomic mass is 32.1. The molecule has 2 aromatic rings. The predicted octanol–water partition coefficient (Wildman–Crippen LogP) is 0.445. The van der Waals surface area contributed by atoms with Gasteiger partial charge in [0.25, 0.3) is 5.91 Å². The third-order valence-corrected chi connectivity index (χ3v) is 2.57. The molecule has 6 nitrogen and oxygen atoms in total. The number of thiazole rings is 1. The van der Waals surface area contributed by atoms with Crippen LogP contribution in [-0.2, 0) is 6.54 Å². The number of nitrogen functional groups attached to an aromatic ring is 1.